The van der Waals surface area contributed by atoms with Crippen molar-refractivity contribution in [1.29, 1.82) is 0 Å². The zero-order chi connectivity index (χ0) is 5.70. The zero-order valence-electron chi connectivity index (χ0n) is 4.26. The molecule has 0 unspecified atom stereocenters. The average Bonchev–Trinajstić information content (AvgIpc) is 1.61. The van der Waals surface area contributed by atoms with Gasteiger partial charge in [0, 0.05) is 5.54 Å². The van der Waals surface area contributed by atoms with Crippen LogP contribution in [0.15, 0.2) is 11.6 Å². The highest BCUT2D eigenvalue weighted by Gasteiger charge is 1.85. The molecule has 0 aromatic rings. The fourth-order valence-corrected chi connectivity index (χ4v) is 0.351. The number of rotatable bonds is 2. The van der Waals surface area contributed by atoms with E-state index < -0.39 is 0 Å². The Morgan fingerprint density at radius 2 is 2.43 bits per heavy atom. The average molecular weight is 121 g/mol. The summed E-state index contributed by atoms with van der Waals surface area (Å²) in [6.45, 7) is 1.72. The summed E-state index contributed by atoms with van der Waals surface area (Å²) in [7, 11) is 0. The number of aliphatic hydroxyl groups excluding tert-OH is 1. The van der Waals surface area contributed by atoms with Crippen molar-refractivity contribution < 1.29 is 5.11 Å². The molecule has 0 radical (unpaired) electrons. The molecule has 1 nitrogen and oxygen atoms in total. The van der Waals surface area contributed by atoms with Gasteiger partial charge in [-0.3, -0.25) is 0 Å². The van der Waals surface area contributed by atoms with Crippen LogP contribution in [0.25, 0.3) is 0 Å². The van der Waals surface area contributed by atoms with Crippen molar-refractivity contribution in [1.82, 2.24) is 0 Å². The van der Waals surface area contributed by atoms with E-state index >= 15 is 0 Å². The third-order valence-electron chi connectivity index (χ3n) is 0.566. The number of hydrogen-bond donors (Lipinski definition) is 1. The first-order chi connectivity index (χ1) is 3.27. The van der Waals surface area contributed by atoms with Gasteiger partial charge in [-0.15, -0.1) is 0 Å². The Morgan fingerprint density at radius 3 is 2.57 bits per heavy atom. The first-order valence-electron chi connectivity index (χ1n) is 2.20. The van der Waals surface area contributed by atoms with Gasteiger partial charge in [-0.1, -0.05) is 17.7 Å². The first-order valence-corrected chi connectivity index (χ1v) is 2.64. The summed E-state index contributed by atoms with van der Waals surface area (Å²) in [5.74, 6) is 0. The Morgan fingerprint density at radius 1 is 1.86 bits per heavy atom. The minimum absolute atomic E-state index is 0.269. The number of halogens is 1. The normalized spacial score (nSPS) is 15.3. The summed E-state index contributed by atoms with van der Waals surface area (Å²) >= 11 is 5.15. The largest absolute Gasteiger partial charge is 0.393 e. The summed E-state index contributed by atoms with van der Waals surface area (Å²) in [5, 5.41) is 8.57. The molecule has 0 aromatic carbocycles. The number of aliphatic hydroxyl groups is 1. The van der Waals surface area contributed by atoms with Crippen molar-refractivity contribution in [2.24, 2.45) is 0 Å². The highest BCUT2D eigenvalue weighted by atomic mass is 35.5. The second-order valence-electron chi connectivity index (χ2n) is 1.45. The molecule has 0 saturated heterocycles. The van der Waals surface area contributed by atoms with Crippen LogP contribution in [0.4, 0.5) is 0 Å². The first kappa shape index (κ1) is 6.99. The monoisotopic (exact) mass is 120 g/mol. The van der Waals surface area contributed by atoms with Crippen LogP contribution in [-0.2, 0) is 0 Å². The fraction of sp³-hybridized carbons (Fsp3) is 0.600. The zero-order valence-corrected chi connectivity index (χ0v) is 5.02. The highest BCUT2D eigenvalue weighted by Crippen LogP contribution is 1.90. The molecule has 1 atom stereocenters. The van der Waals surface area contributed by atoms with E-state index in [4.69, 9.17) is 16.7 Å². The quantitative estimate of drug-likeness (QED) is 0.586. The van der Waals surface area contributed by atoms with Gasteiger partial charge in [-0.2, -0.15) is 0 Å². The molecular weight excluding hydrogens is 112 g/mol. The summed E-state index contributed by atoms with van der Waals surface area (Å²) in [5.41, 5.74) is 1.41. The van der Waals surface area contributed by atoms with Gasteiger partial charge in [0.25, 0.3) is 0 Å². The predicted octanol–water partition coefficient (Wildman–Crippen LogP) is 1.51. The van der Waals surface area contributed by atoms with E-state index in [1.54, 1.807) is 13.0 Å². The second-order valence-corrected chi connectivity index (χ2v) is 1.70. The van der Waals surface area contributed by atoms with Gasteiger partial charge < -0.3 is 5.11 Å². The van der Waals surface area contributed by atoms with E-state index in [9.17, 15) is 0 Å². The molecule has 0 saturated carbocycles. The molecule has 0 aliphatic heterocycles. The van der Waals surface area contributed by atoms with Gasteiger partial charge in [0.1, 0.15) is 0 Å². The maximum atomic E-state index is 8.57. The topological polar surface area (TPSA) is 20.2 Å². The van der Waals surface area contributed by atoms with Crippen LogP contribution in [0.5, 0.6) is 0 Å². The van der Waals surface area contributed by atoms with E-state index in [0.29, 0.717) is 6.42 Å². The van der Waals surface area contributed by atoms with E-state index in [2.05, 4.69) is 0 Å². The third kappa shape index (κ3) is 5.99. The lowest BCUT2D eigenvalue weighted by Crippen LogP contribution is -1.94. The molecule has 42 valence electrons. The predicted molar refractivity (Wildman–Crippen MR) is 31.3 cm³/mol. The van der Waals surface area contributed by atoms with E-state index in [0.717, 1.165) is 0 Å². The van der Waals surface area contributed by atoms with Gasteiger partial charge in [0.2, 0.25) is 0 Å². The van der Waals surface area contributed by atoms with Crippen molar-refractivity contribution in [2.75, 3.05) is 0 Å². The Balaban J connectivity index is 2.97. The fourth-order valence-electron chi connectivity index (χ4n) is 0.248. The molecule has 0 rings (SSSR count). The summed E-state index contributed by atoms with van der Waals surface area (Å²) in [6, 6.07) is 0. The van der Waals surface area contributed by atoms with Crippen LogP contribution in [0, 0.1) is 0 Å². The van der Waals surface area contributed by atoms with Gasteiger partial charge in [-0.25, -0.2) is 0 Å². The molecule has 7 heavy (non-hydrogen) atoms. The molecule has 0 amide bonds. The molecule has 0 fully saturated rings. The van der Waals surface area contributed by atoms with Crippen LogP contribution in [0.1, 0.15) is 13.3 Å². The molecule has 2 heteroatoms. The molecule has 0 aliphatic carbocycles. The van der Waals surface area contributed by atoms with E-state index in [1.165, 1.54) is 5.54 Å². The molecule has 1 N–H and O–H groups in total. The summed E-state index contributed by atoms with van der Waals surface area (Å²) in [6.07, 6.45) is 2.09. The standard InChI is InChI=1S/C5H9ClO/c1-5(7)3-2-4-6/h2,4-5,7H,3H2,1H3/t5-/m0/s1. The summed E-state index contributed by atoms with van der Waals surface area (Å²) in [4.78, 5) is 0. The smallest absolute Gasteiger partial charge is 0.0546 e. The van der Waals surface area contributed by atoms with Crippen molar-refractivity contribution in [2.45, 2.75) is 19.4 Å². The minimum Gasteiger partial charge on any atom is -0.393 e. The maximum absolute atomic E-state index is 8.57. The minimum atomic E-state index is -0.269. The van der Waals surface area contributed by atoms with Crippen LogP contribution in [0.2, 0.25) is 0 Å². The Kier molecular flexibility index (Phi) is 4.15. The lowest BCUT2D eigenvalue weighted by atomic mass is 10.3. The van der Waals surface area contributed by atoms with E-state index in [1.807, 2.05) is 0 Å². The van der Waals surface area contributed by atoms with Gasteiger partial charge in [0.05, 0.1) is 6.10 Å². The van der Waals surface area contributed by atoms with Gasteiger partial charge >= 0.3 is 0 Å². The Hall–Kier alpha value is -0.0100. The Labute approximate surface area is 48.6 Å². The second kappa shape index (κ2) is 4.16. The van der Waals surface area contributed by atoms with Gasteiger partial charge in [-0.05, 0) is 13.3 Å². The van der Waals surface area contributed by atoms with Gasteiger partial charge in [0.15, 0.2) is 0 Å². The van der Waals surface area contributed by atoms with Crippen molar-refractivity contribution in [3.63, 3.8) is 0 Å². The third-order valence-corrected chi connectivity index (χ3v) is 0.744. The maximum Gasteiger partial charge on any atom is 0.0546 e. The SMILES string of the molecule is C[C@H](O)CC=CCl. The molecule has 0 spiro atoms. The molecular formula is C5H9ClO. The van der Waals surface area contributed by atoms with Crippen LogP contribution in [-0.4, -0.2) is 11.2 Å². The lowest BCUT2D eigenvalue weighted by Gasteiger charge is -1.93. The summed E-state index contributed by atoms with van der Waals surface area (Å²) < 4.78 is 0. The van der Waals surface area contributed by atoms with Crippen molar-refractivity contribution >= 4 is 11.6 Å². The van der Waals surface area contributed by atoms with Crippen LogP contribution < -0.4 is 0 Å². The van der Waals surface area contributed by atoms with Crippen LogP contribution >= 0.6 is 11.6 Å². The van der Waals surface area contributed by atoms with E-state index in [-0.39, 0.29) is 6.10 Å². The van der Waals surface area contributed by atoms with Crippen molar-refractivity contribution in [3.8, 4) is 0 Å². The highest BCUT2D eigenvalue weighted by molar-refractivity contribution is 6.25. The molecule has 0 heterocycles. The lowest BCUT2D eigenvalue weighted by molar-refractivity contribution is 0.198. The Bertz CT molecular complexity index is 59.1. The molecule has 0 aliphatic rings. The van der Waals surface area contributed by atoms with Crippen molar-refractivity contribution in [3.05, 3.63) is 11.6 Å². The molecule has 0 aromatic heterocycles. The number of hydrogen-bond acceptors (Lipinski definition) is 1. The molecule has 0 bridgehead atoms. The van der Waals surface area contributed by atoms with Crippen LogP contribution in [0.3, 0.4) is 0 Å².